The van der Waals surface area contributed by atoms with Crippen LogP contribution in [0.3, 0.4) is 0 Å². The van der Waals surface area contributed by atoms with E-state index in [0.29, 0.717) is 6.42 Å². The third kappa shape index (κ3) is 2.70. The number of hydrogen-bond acceptors (Lipinski definition) is 7. The highest BCUT2D eigenvalue weighted by Crippen LogP contribution is 2.16. The lowest BCUT2D eigenvalue weighted by Crippen LogP contribution is -2.33. The molecule has 16 heavy (non-hydrogen) atoms. The molecule has 0 aliphatic heterocycles. The van der Waals surface area contributed by atoms with Crippen molar-refractivity contribution in [3.63, 3.8) is 0 Å². The van der Waals surface area contributed by atoms with Gasteiger partial charge in [-0.15, -0.1) is 0 Å². The van der Waals surface area contributed by atoms with Gasteiger partial charge in [-0.05, 0) is 13.3 Å². The predicted octanol–water partition coefficient (Wildman–Crippen LogP) is 0.567. The molecule has 1 aromatic heterocycles. The highest BCUT2D eigenvalue weighted by atomic mass is 16.5. The van der Waals surface area contributed by atoms with Crippen LogP contribution >= 0.6 is 0 Å². The summed E-state index contributed by atoms with van der Waals surface area (Å²) in [4.78, 5) is 11.6. The number of anilines is 2. The molecular formula is C9H14N6O. The molecule has 7 nitrogen and oxygen atoms in total. The molecule has 0 fully saturated rings. The Morgan fingerprint density at radius 2 is 2.19 bits per heavy atom. The third-order valence-electron chi connectivity index (χ3n) is 2.16. The molecule has 1 rings (SSSR count). The molecule has 1 unspecified atom stereocenters. The fraction of sp³-hybridized carbons (Fsp3) is 0.556. The molecule has 3 N–H and O–H groups in total. The molecule has 1 heterocycles. The van der Waals surface area contributed by atoms with E-state index < -0.39 is 5.54 Å². The lowest BCUT2D eigenvalue weighted by molar-refractivity contribution is 0.379. The van der Waals surface area contributed by atoms with Crippen LogP contribution in [-0.2, 0) is 0 Å². The molecule has 0 radical (unpaired) electrons. The minimum atomic E-state index is -0.737. The van der Waals surface area contributed by atoms with E-state index in [1.807, 2.05) is 6.92 Å². The Bertz CT molecular complexity index is 415. The first-order chi connectivity index (χ1) is 7.53. The second-order valence-electron chi connectivity index (χ2n) is 3.43. The Labute approximate surface area is 93.7 Å². The maximum Gasteiger partial charge on any atom is 0.322 e. The highest BCUT2D eigenvalue weighted by Gasteiger charge is 2.22. The molecule has 86 valence electrons. The minimum Gasteiger partial charge on any atom is -0.467 e. The van der Waals surface area contributed by atoms with Crippen LogP contribution in [0.25, 0.3) is 0 Å². The van der Waals surface area contributed by atoms with E-state index in [4.69, 9.17) is 15.7 Å². The average molecular weight is 222 g/mol. The van der Waals surface area contributed by atoms with Crippen molar-refractivity contribution in [2.45, 2.75) is 25.8 Å². The first kappa shape index (κ1) is 12.0. The van der Waals surface area contributed by atoms with E-state index >= 15 is 0 Å². The number of aromatic nitrogens is 3. The quantitative estimate of drug-likeness (QED) is 0.766. The number of nitrogens with one attached hydrogen (secondary N) is 1. The fourth-order valence-electron chi connectivity index (χ4n) is 0.961. The van der Waals surface area contributed by atoms with E-state index in [1.54, 1.807) is 6.92 Å². The summed E-state index contributed by atoms with van der Waals surface area (Å²) in [7, 11) is 1.43. The van der Waals surface area contributed by atoms with E-state index in [0.717, 1.165) is 0 Å². The normalized spacial score (nSPS) is 13.6. The average Bonchev–Trinajstić information content (AvgIpc) is 2.28. The standard InChI is InChI=1S/C9H14N6O/c1-4-9(2,5-10)15-7-12-6(11)13-8(14-7)16-3/h4H2,1-3H3,(H3,11,12,13,14,15). The molecule has 0 aliphatic rings. The first-order valence-corrected chi connectivity index (χ1v) is 4.78. The van der Waals surface area contributed by atoms with Crippen LogP contribution in [0.5, 0.6) is 6.01 Å². The summed E-state index contributed by atoms with van der Waals surface area (Å²) in [6, 6.07) is 2.26. The number of nitriles is 1. The summed E-state index contributed by atoms with van der Waals surface area (Å²) in [5.41, 5.74) is 4.73. The van der Waals surface area contributed by atoms with Gasteiger partial charge in [-0.25, -0.2) is 0 Å². The maximum absolute atomic E-state index is 9.00. The summed E-state index contributed by atoms with van der Waals surface area (Å²) in [6.07, 6.45) is 0.609. The van der Waals surface area contributed by atoms with Gasteiger partial charge in [-0.2, -0.15) is 20.2 Å². The van der Waals surface area contributed by atoms with Crippen molar-refractivity contribution in [2.75, 3.05) is 18.2 Å². The predicted molar refractivity (Wildman–Crippen MR) is 58.7 cm³/mol. The van der Waals surface area contributed by atoms with Gasteiger partial charge in [0, 0.05) is 0 Å². The number of nitrogen functional groups attached to an aromatic ring is 1. The van der Waals surface area contributed by atoms with Gasteiger partial charge >= 0.3 is 6.01 Å². The van der Waals surface area contributed by atoms with Crippen LogP contribution in [0.4, 0.5) is 11.9 Å². The zero-order valence-electron chi connectivity index (χ0n) is 9.48. The van der Waals surface area contributed by atoms with Crippen molar-refractivity contribution in [1.82, 2.24) is 15.0 Å². The third-order valence-corrected chi connectivity index (χ3v) is 2.16. The number of hydrogen-bond donors (Lipinski definition) is 2. The van der Waals surface area contributed by atoms with Gasteiger partial charge in [0.1, 0.15) is 5.54 Å². The maximum atomic E-state index is 9.00. The van der Waals surface area contributed by atoms with Crippen molar-refractivity contribution in [3.05, 3.63) is 0 Å². The molecular weight excluding hydrogens is 208 g/mol. The molecule has 0 saturated carbocycles. The van der Waals surface area contributed by atoms with Crippen LogP contribution in [0.1, 0.15) is 20.3 Å². The SMILES string of the molecule is CCC(C)(C#N)Nc1nc(N)nc(OC)n1. The van der Waals surface area contributed by atoms with Crippen molar-refractivity contribution >= 4 is 11.9 Å². The number of methoxy groups -OCH3 is 1. The first-order valence-electron chi connectivity index (χ1n) is 4.78. The van der Waals surface area contributed by atoms with Crippen molar-refractivity contribution in [3.8, 4) is 12.1 Å². The summed E-state index contributed by atoms with van der Waals surface area (Å²) < 4.78 is 4.85. The van der Waals surface area contributed by atoms with Gasteiger partial charge in [0.15, 0.2) is 0 Å². The summed E-state index contributed by atoms with van der Waals surface area (Å²) >= 11 is 0. The van der Waals surface area contributed by atoms with Gasteiger partial charge < -0.3 is 15.8 Å². The second kappa shape index (κ2) is 4.61. The van der Waals surface area contributed by atoms with Crippen LogP contribution in [0, 0.1) is 11.3 Å². The Morgan fingerprint density at radius 3 is 2.69 bits per heavy atom. The Hall–Kier alpha value is -2.10. The monoisotopic (exact) mass is 222 g/mol. The van der Waals surface area contributed by atoms with Crippen LogP contribution in [-0.4, -0.2) is 27.6 Å². The summed E-state index contributed by atoms with van der Waals surface area (Å²) in [5.74, 6) is 0.279. The Kier molecular flexibility index (Phi) is 3.45. The molecule has 0 saturated heterocycles. The van der Waals surface area contributed by atoms with Gasteiger partial charge in [0.25, 0.3) is 0 Å². The highest BCUT2D eigenvalue weighted by molar-refractivity contribution is 5.37. The van der Waals surface area contributed by atoms with Crippen molar-refractivity contribution < 1.29 is 4.74 Å². The molecule has 0 aliphatic carbocycles. The van der Waals surface area contributed by atoms with Gasteiger partial charge in [-0.3, -0.25) is 0 Å². The minimum absolute atomic E-state index is 0.0470. The van der Waals surface area contributed by atoms with E-state index in [-0.39, 0.29) is 17.9 Å². The molecule has 1 aromatic rings. The number of nitrogens with zero attached hydrogens (tertiary/aromatic N) is 4. The lowest BCUT2D eigenvalue weighted by atomic mass is 10.0. The molecule has 0 amide bonds. The van der Waals surface area contributed by atoms with Crippen molar-refractivity contribution in [2.24, 2.45) is 0 Å². The molecule has 0 aromatic carbocycles. The second-order valence-corrected chi connectivity index (χ2v) is 3.43. The smallest absolute Gasteiger partial charge is 0.322 e. The number of nitrogens with two attached hydrogens (primary N) is 1. The summed E-state index contributed by atoms with van der Waals surface area (Å²) in [5, 5.41) is 11.9. The summed E-state index contributed by atoms with van der Waals surface area (Å²) in [6.45, 7) is 3.64. The van der Waals surface area contributed by atoms with E-state index in [1.165, 1.54) is 7.11 Å². The van der Waals surface area contributed by atoms with E-state index in [9.17, 15) is 0 Å². The Balaban J connectivity index is 2.97. The molecule has 1 atom stereocenters. The lowest BCUT2D eigenvalue weighted by Gasteiger charge is -2.21. The van der Waals surface area contributed by atoms with Gasteiger partial charge in [0.05, 0.1) is 13.2 Å². The van der Waals surface area contributed by atoms with Crippen LogP contribution in [0.2, 0.25) is 0 Å². The zero-order chi connectivity index (χ0) is 12.2. The van der Waals surface area contributed by atoms with Gasteiger partial charge in [-0.1, -0.05) is 6.92 Å². The fourth-order valence-corrected chi connectivity index (χ4v) is 0.961. The van der Waals surface area contributed by atoms with E-state index in [2.05, 4.69) is 26.3 Å². The van der Waals surface area contributed by atoms with Crippen LogP contribution in [0.15, 0.2) is 0 Å². The number of ether oxygens (including phenoxy) is 1. The molecule has 0 bridgehead atoms. The molecule has 7 heteroatoms. The largest absolute Gasteiger partial charge is 0.467 e. The molecule has 0 spiro atoms. The Morgan fingerprint density at radius 1 is 1.50 bits per heavy atom. The van der Waals surface area contributed by atoms with Crippen molar-refractivity contribution in [1.29, 1.82) is 5.26 Å². The topological polar surface area (TPSA) is 110 Å². The van der Waals surface area contributed by atoms with Crippen LogP contribution < -0.4 is 15.8 Å². The number of rotatable bonds is 4. The zero-order valence-corrected chi connectivity index (χ0v) is 9.48. The van der Waals surface area contributed by atoms with Gasteiger partial charge in [0.2, 0.25) is 11.9 Å².